The van der Waals surface area contributed by atoms with Gasteiger partial charge in [0.05, 0.1) is 24.2 Å². The highest BCUT2D eigenvalue weighted by Gasteiger charge is 2.20. The third kappa shape index (κ3) is 5.29. The Morgan fingerprint density at radius 1 is 1.18 bits per heavy atom. The van der Waals surface area contributed by atoms with Crippen LogP contribution in [0.25, 0.3) is 10.9 Å². The molecule has 0 radical (unpaired) electrons. The average Bonchev–Trinajstić information content (AvgIpc) is 3.32. The second kappa shape index (κ2) is 9.28. The molecule has 0 bridgehead atoms. The smallest absolute Gasteiger partial charge is 0.387 e. The fourth-order valence-electron chi connectivity index (χ4n) is 3.15. The van der Waals surface area contributed by atoms with Gasteiger partial charge in [-0.2, -0.15) is 13.9 Å². The highest BCUT2D eigenvalue weighted by molar-refractivity contribution is 7.14. The molecule has 8 nitrogen and oxygen atoms in total. The maximum absolute atomic E-state index is 13.9. The fraction of sp³-hybridized carbons (Fsp3) is 0.143. The van der Waals surface area contributed by atoms with E-state index < -0.39 is 24.3 Å². The van der Waals surface area contributed by atoms with E-state index in [1.807, 2.05) is 0 Å². The van der Waals surface area contributed by atoms with Gasteiger partial charge in [-0.25, -0.2) is 9.37 Å². The Labute approximate surface area is 188 Å². The first-order chi connectivity index (χ1) is 15.8. The van der Waals surface area contributed by atoms with Crippen LogP contribution in [0.2, 0.25) is 0 Å². The lowest BCUT2D eigenvalue weighted by Gasteiger charge is -2.07. The molecular weight excluding hydrogens is 461 g/mol. The number of carbonyl (C=O) groups is 2. The first-order valence-corrected chi connectivity index (χ1v) is 10.3. The summed E-state index contributed by atoms with van der Waals surface area (Å²) in [7, 11) is 0. The second-order valence-electron chi connectivity index (χ2n) is 6.86. The Bertz CT molecular complexity index is 1320. The third-order valence-electron chi connectivity index (χ3n) is 4.51. The highest BCUT2D eigenvalue weighted by atomic mass is 32.1. The van der Waals surface area contributed by atoms with E-state index in [0.717, 1.165) is 11.3 Å². The molecular formula is C21H15F3N4O4S. The predicted molar refractivity (Wildman–Crippen MR) is 113 cm³/mol. The molecule has 0 fully saturated rings. The molecule has 0 saturated heterocycles. The summed E-state index contributed by atoms with van der Waals surface area (Å²) in [6.07, 6.45) is -0.281. The van der Waals surface area contributed by atoms with Crippen LogP contribution in [-0.4, -0.2) is 38.4 Å². The van der Waals surface area contributed by atoms with Crippen molar-refractivity contribution in [2.45, 2.75) is 19.6 Å². The van der Waals surface area contributed by atoms with Gasteiger partial charge in [0.25, 0.3) is 5.91 Å². The van der Waals surface area contributed by atoms with Gasteiger partial charge in [0.15, 0.2) is 10.8 Å². The molecule has 4 rings (SSSR count). The quantitative estimate of drug-likeness (QED) is 0.396. The van der Waals surface area contributed by atoms with Gasteiger partial charge in [-0.05, 0) is 35.9 Å². The van der Waals surface area contributed by atoms with E-state index in [0.29, 0.717) is 16.8 Å². The van der Waals surface area contributed by atoms with Crippen molar-refractivity contribution in [3.63, 3.8) is 0 Å². The molecule has 0 aliphatic rings. The summed E-state index contributed by atoms with van der Waals surface area (Å²) >= 11 is 1.06. The number of halogens is 3. The van der Waals surface area contributed by atoms with Crippen molar-refractivity contribution in [1.82, 2.24) is 14.8 Å². The fourth-order valence-corrected chi connectivity index (χ4v) is 3.85. The number of anilines is 1. The number of nitrogens with one attached hydrogen (secondary N) is 1. The molecule has 1 amide bonds. The summed E-state index contributed by atoms with van der Waals surface area (Å²) in [6.45, 7) is -2.75. The molecule has 12 heteroatoms. The maximum atomic E-state index is 13.9. The molecule has 2 N–H and O–H groups in total. The molecule has 0 unspecified atom stereocenters. The highest BCUT2D eigenvalue weighted by Crippen LogP contribution is 2.24. The normalized spacial score (nSPS) is 11.2. The lowest BCUT2D eigenvalue weighted by atomic mass is 10.2. The maximum Gasteiger partial charge on any atom is 0.387 e. The number of fused-ring (bicyclic) bond motifs is 1. The lowest BCUT2D eigenvalue weighted by molar-refractivity contribution is -0.136. The molecule has 2 aromatic heterocycles. The number of ether oxygens (including phenoxy) is 1. The third-order valence-corrected chi connectivity index (χ3v) is 5.32. The van der Waals surface area contributed by atoms with Crippen LogP contribution >= 0.6 is 11.3 Å². The van der Waals surface area contributed by atoms with Crippen molar-refractivity contribution < 1.29 is 32.6 Å². The van der Waals surface area contributed by atoms with Gasteiger partial charge in [-0.15, -0.1) is 11.3 Å². The number of rotatable bonds is 8. The van der Waals surface area contributed by atoms with Crippen LogP contribution in [0.1, 0.15) is 21.7 Å². The van der Waals surface area contributed by atoms with Crippen molar-refractivity contribution >= 4 is 39.2 Å². The second-order valence-corrected chi connectivity index (χ2v) is 7.72. The minimum atomic E-state index is -2.93. The van der Waals surface area contributed by atoms with E-state index in [9.17, 15) is 22.8 Å². The van der Waals surface area contributed by atoms with E-state index in [4.69, 9.17) is 5.11 Å². The summed E-state index contributed by atoms with van der Waals surface area (Å²) in [5, 5.41) is 17.7. The van der Waals surface area contributed by atoms with Gasteiger partial charge in [0.2, 0.25) is 0 Å². The molecule has 0 saturated carbocycles. The molecule has 0 atom stereocenters. The molecule has 2 heterocycles. The number of hydrogen-bond acceptors (Lipinski definition) is 6. The number of carboxylic acid groups (broad SMARTS) is 1. The van der Waals surface area contributed by atoms with Crippen LogP contribution in [0.5, 0.6) is 5.75 Å². The topological polar surface area (TPSA) is 106 Å². The van der Waals surface area contributed by atoms with Crippen LogP contribution in [0.3, 0.4) is 0 Å². The Balaban J connectivity index is 1.60. The van der Waals surface area contributed by atoms with Crippen molar-refractivity contribution in [1.29, 1.82) is 0 Å². The van der Waals surface area contributed by atoms with Crippen LogP contribution in [0.15, 0.2) is 47.8 Å². The number of hydrogen-bond donors (Lipinski definition) is 2. The number of amides is 1. The van der Waals surface area contributed by atoms with E-state index in [1.54, 1.807) is 12.1 Å². The monoisotopic (exact) mass is 476 g/mol. The van der Waals surface area contributed by atoms with Crippen molar-refractivity contribution in [2.75, 3.05) is 5.32 Å². The van der Waals surface area contributed by atoms with Gasteiger partial charge in [0, 0.05) is 10.8 Å². The lowest BCUT2D eigenvalue weighted by Crippen LogP contribution is -2.14. The Morgan fingerprint density at radius 2 is 1.94 bits per heavy atom. The zero-order chi connectivity index (χ0) is 23.5. The van der Waals surface area contributed by atoms with Crippen LogP contribution < -0.4 is 10.1 Å². The molecule has 2 aromatic carbocycles. The van der Waals surface area contributed by atoms with Gasteiger partial charge >= 0.3 is 12.6 Å². The standard InChI is InChI=1S/C21H15F3N4O4S/c22-12-3-6-16-15(7-12)18(19(31)26-21-25-13(10-33-21)8-17(29)30)27-28(16)9-11-1-4-14(5-2-11)32-20(23)24/h1-7,10,20H,8-9H2,(H,29,30)(H,25,26,31). The number of aliphatic carboxylic acids is 1. The van der Waals surface area contributed by atoms with E-state index in [2.05, 4.69) is 20.1 Å². The number of nitrogens with zero attached hydrogens (tertiary/aromatic N) is 3. The van der Waals surface area contributed by atoms with E-state index in [-0.39, 0.29) is 34.9 Å². The number of aromatic nitrogens is 3. The minimum Gasteiger partial charge on any atom is -0.481 e. The largest absolute Gasteiger partial charge is 0.481 e. The first kappa shape index (κ1) is 22.3. The number of alkyl halides is 2. The van der Waals surface area contributed by atoms with Crippen molar-refractivity contribution in [2.24, 2.45) is 0 Å². The van der Waals surface area contributed by atoms with Crippen LogP contribution in [0, 0.1) is 5.82 Å². The van der Waals surface area contributed by atoms with Gasteiger partial charge in [0.1, 0.15) is 11.6 Å². The van der Waals surface area contributed by atoms with Gasteiger partial charge in [-0.3, -0.25) is 19.6 Å². The molecule has 33 heavy (non-hydrogen) atoms. The zero-order valence-electron chi connectivity index (χ0n) is 16.7. The first-order valence-electron chi connectivity index (χ1n) is 9.46. The average molecular weight is 476 g/mol. The minimum absolute atomic E-state index is 0.00641. The number of carbonyl (C=O) groups excluding carboxylic acids is 1. The Morgan fingerprint density at radius 3 is 2.64 bits per heavy atom. The molecule has 0 aliphatic carbocycles. The van der Waals surface area contributed by atoms with E-state index >= 15 is 0 Å². The van der Waals surface area contributed by atoms with Gasteiger partial charge in [-0.1, -0.05) is 12.1 Å². The predicted octanol–water partition coefficient (Wildman–Crippen LogP) is 4.16. The van der Waals surface area contributed by atoms with E-state index in [1.165, 1.54) is 40.4 Å². The van der Waals surface area contributed by atoms with Crippen LogP contribution in [0.4, 0.5) is 18.3 Å². The summed E-state index contributed by atoms with van der Waals surface area (Å²) in [6, 6.07) is 9.83. The molecule has 170 valence electrons. The number of thiazole rings is 1. The number of benzene rings is 2. The summed E-state index contributed by atoms with van der Waals surface area (Å²) in [5.41, 5.74) is 1.43. The summed E-state index contributed by atoms with van der Waals surface area (Å²) in [4.78, 5) is 27.7. The Hall–Kier alpha value is -3.93. The summed E-state index contributed by atoms with van der Waals surface area (Å²) in [5.74, 6) is -2.23. The van der Waals surface area contributed by atoms with Crippen molar-refractivity contribution in [3.8, 4) is 5.75 Å². The molecule has 4 aromatic rings. The SMILES string of the molecule is O=C(O)Cc1csc(NC(=O)c2nn(Cc3ccc(OC(F)F)cc3)c3ccc(F)cc23)n1. The number of carboxylic acids is 1. The molecule has 0 spiro atoms. The van der Waals surface area contributed by atoms with Crippen molar-refractivity contribution in [3.05, 3.63) is 70.6 Å². The van der Waals surface area contributed by atoms with Crippen LogP contribution in [-0.2, 0) is 17.8 Å². The van der Waals surface area contributed by atoms with Gasteiger partial charge < -0.3 is 9.84 Å². The Kier molecular flexibility index (Phi) is 6.27. The zero-order valence-corrected chi connectivity index (χ0v) is 17.5. The summed E-state index contributed by atoms with van der Waals surface area (Å²) < 4.78 is 44.4. The molecule has 0 aliphatic heterocycles.